The summed E-state index contributed by atoms with van der Waals surface area (Å²) in [6.07, 6.45) is 0.321. The van der Waals surface area contributed by atoms with Gasteiger partial charge in [-0.15, -0.1) is 0 Å². The first-order valence-electron chi connectivity index (χ1n) is 6.31. The standard InChI is InChI=1S/C13H15BrN2O4S/c1-8-3-4-9(14)7-11(8)21(19,20)15-10-5-6-12(17)16(2)13(10)18/h3-4,7,10,15H,5-6H2,1-2H3. The van der Waals surface area contributed by atoms with E-state index in [1.54, 1.807) is 19.1 Å². The van der Waals surface area contributed by atoms with E-state index in [0.29, 0.717) is 10.0 Å². The highest BCUT2D eigenvalue weighted by atomic mass is 79.9. The summed E-state index contributed by atoms with van der Waals surface area (Å²) in [5.74, 6) is -0.823. The molecule has 0 spiro atoms. The van der Waals surface area contributed by atoms with Gasteiger partial charge in [-0.25, -0.2) is 8.42 Å². The van der Waals surface area contributed by atoms with E-state index in [1.807, 2.05) is 0 Å². The van der Waals surface area contributed by atoms with E-state index in [1.165, 1.54) is 13.1 Å². The molecule has 1 fully saturated rings. The molecule has 2 amide bonds. The van der Waals surface area contributed by atoms with Crippen LogP contribution in [0.15, 0.2) is 27.6 Å². The zero-order valence-corrected chi connectivity index (χ0v) is 14.0. The normalized spacial score (nSPS) is 20.0. The van der Waals surface area contributed by atoms with E-state index < -0.39 is 22.0 Å². The molecule has 0 aliphatic carbocycles. The third kappa shape index (κ3) is 3.33. The summed E-state index contributed by atoms with van der Waals surface area (Å²) in [7, 11) is -2.47. The van der Waals surface area contributed by atoms with Gasteiger partial charge in [-0.2, -0.15) is 4.72 Å². The SMILES string of the molecule is Cc1ccc(Br)cc1S(=O)(=O)NC1CCC(=O)N(C)C1=O. The molecular formula is C13H15BrN2O4S. The predicted molar refractivity (Wildman–Crippen MR) is 80.0 cm³/mol. The summed E-state index contributed by atoms with van der Waals surface area (Å²) in [5, 5.41) is 0. The summed E-state index contributed by atoms with van der Waals surface area (Å²) < 4.78 is 27.9. The Balaban J connectivity index is 2.28. The highest BCUT2D eigenvalue weighted by molar-refractivity contribution is 9.10. The fourth-order valence-electron chi connectivity index (χ4n) is 2.14. The van der Waals surface area contributed by atoms with Crippen LogP contribution in [0.25, 0.3) is 0 Å². The van der Waals surface area contributed by atoms with Crippen molar-refractivity contribution in [3.05, 3.63) is 28.2 Å². The van der Waals surface area contributed by atoms with Crippen LogP contribution < -0.4 is 4.72 Å². The Morgan fingerprint density at radius 2 is 2.00 bits per heavy atom. The smallest absolute Gasteiger partial charge is 0.247 e. The molecule has 6 nitrogen and oxygen atoms in total. The third-order valence-electron chi connectivity index (χ3n) is 3.39. The first-order valence-corrected chi connectivity index (χ1v) is 8.59. The number of sulfonamides is 1. The lowest BCUT2D eigenvalue weighted by Gasteiger charge is -2.28. The Bertz CT molecular complexity index is 702. The van der Waals surface area contributed by atoms with Gasteiger partial charge < -0.3 is 0 Å². The Labute approximate surface area is 131 Å². The molecule has 21 heavy (non-hydrogen) atoms. The molecule has 1 aromatic carbocycles. The number of imide groups is 1. The summed E-state index contributed by atoms with van der Waals surface area (Å²) in [6, 6.07) is 4.00. The summed E-state index contributed by atoms with van der Waals surface area (Å²) in [6.45, 7) is 1.68. The van der Waals surface area contributed by atoms with Gasteiger partial charge in [-0.1, -0.05) is 22.0 Å². The Morgan fingerprint density at radius 1 is 1.33 bits per heavy atom. The number of halogens is 1. The number of aryl methyl sites for hydroxylation is 1. The number of likely N-dealkylation sites (N-methyl/N-ethyl adjacent to an activating group) is 1. The van der Waals surface area contributed by atoms with Crippen molar-refractivity contribution in [2.45, 2.75) is 30.7 Å². The average Bonchev–Trinajstić information content (AvgIpc) is 2.42. The van der Waals surface area contributed by atoms with Crippen LogP contribution in [-0.2, 0) is 19.6 Å². The van der Waals surface area contributed by atoms with Crippen molar-refractivity contribution in [1.29, 1.82) is 0 Å². The van der Waals surface area contributed by atoms with Gasteiger partial charge >= 0.3 is 0 Å². The molecule has 1 heterocycles. The zero-order valence-electron chi connectivity index (χ0n) is 11.6. The number of rotatable bonds is 3. The first-order chi connectivity index (χ1) is 9.72. The van der Waals surface area contributed by atoms with Gasteiger partial charge in [0.15, 0.2) is 0 Å². The molecular weight excluding hydrogens is 360 g/mol. The highest BCUT2D eigenvalue weighted by Crippen LogP contribution is 2.22. The van der Waals surface area contributed by atoms with Crippen molar-refractivity contribution in [1.82, 2.24) is 9.62 Å². The van der Waals surface area contributed by atoms with Crippen LogP contribution in [0.1, 0.15) is 18.4 Å². The summed E-state index contributed by atoms with van der Waals surface area (Å²) in [5.41, 5.74) is 0.582. The van der Waals surface area contributed by atoms with Crippen LogP contribution in [0, 0.1) is 6.92 Å². The van der Waals surface area contributed by atoms with Crippen LogP contribution in [0.3, 0.4) is 0 Å². The number of piperidine rings is 1. The van der Waals surface area contributed by atoms with Crippen molar-refractivity contribution in [3.8, 4) is 0 Å². The molecule has 1 saturated heterocycles. The molecule has 0 radical (unpaired) electrons. The number of hydrogen-bond donors (Lipinski definition) is 1. The monoisotopic (exact) mass is 374 g/mol. The van der Waals surface area contributed by atoms with Crippen LogP contribution in [0.2, 0.25) is 0 Å². The average molecular weight is 375 g/mol. The number of carbonyl (C=O) groups excluding carboxylic acids is 2. The highest BCUT2D eigenvalue weighted by Gasteiger charge is 2.35. The van der Waals surface area contributed by atoms with Gasteiger partial charge in [0.2, 0.25) is 21.8 Å². The van der Waals surface area contributed by atoms with Crippen molar-refractivity contribution < 1.29 is 18.0 Å². The summed E-state index contributed by atoms with van der Waals surface area (Å²) >= 11 is 3.23. The van der Waals surface area contributed by atoms with Gasteiger partial charge in [-0.3, -0.25) is 14.5 Å². The number of nitrogens with zero attached hydrogens (tertiary/aromatic N) is 1. The fourth-order valence-corrected chi connectivity index (χ4v) is 4.15. The number of carbonyl (C=O) groups is 2. The minimum Gasteiger partial charge on any atom is -0.284 e. The largest absolute Gasteiger partial charge is 0.284 e. The van der Waals surface area contributed by atoms with Crippen molar-refractivity contribution in [3.63, 3.8) is 0 Å². The van der Waals surface area contributed by atoms with E-state index in [4.69, 9.17) is 0 Å². The molecule has 1 unspecified atom stereocenters. The fraction of sp³-hybridized carbons (Fsp3) is 0.385. The number of hydrogen-bond acceptors (Lipinski definition) is 4. The lowest BCUT2D eigenvalue weighted by molar-refractivity contribution is -0.147. The number of likely N-dealkylation sites (tertiary alicyclic amines) is 1. The van der Waals surface area contributed by atoms with Gasteiger partial charge in [0.25, 0.3) is 0 Å². The second-order valence-corrected chi connectivity index (χ2v) is 7.51. The topological polar surface area (TPSA) is 83.6 Å². The minimum absolute atomic E-state index is 0.115. The Hall–Kier alpha value is -1.25. The second-order valence-electron chi connectivity index (χ2n) is 4.91. The molecule has 1 aromatic rings. The van der Waals surface area contributed by atoms with Gasteiger partial charge in [0.1, 0.15) is 6.04 Å². The maximum absolute atomic E-state index is 12.4. The Kier molecular flexibility index (Phi) is 4.50. The van der Waals surface area contributed by atoms with E-state index in [0.717, 1.165) is 4.90 Å². The van der Waals surface area contributed by atoms with E-state index in [2.05, 4.69) is 20.7 Å². The molecule has 1 N–H and O–H groups in total. The molecule has 1 atom stereocenters. The molecule has 8 heteroatoms. The van der Waals surface area contributed by atoms with E-state index in [9.17, 15) is 18.0 Å². The maximum Gasteiger partial charge on any atom is 0.247 e. The van der Waals surface area contributed by atoms with E-state index in [-0.39, 0.29) is 23.6 Å². The number of benzene rings is 1. The zero-order chi connectivity index (χ0) is 15.8. The predicted octanol–water partition coefficient (Wildman–Crippen LogP) is 1.18. The molecule has 1 aliphatic heterocycles. The van der Waals surface area contributed by atoms with Crippen molar-refractivity contribution in [2.75, 3.05) is 7.05 Å². The molecule has 0 aromatic heterocycles. The van der Waals surface area contributed by atoms with E-state index >= 15 is 0 Å². The minimum atomic E-state index is -3.83. The molecule has 2 rings (SSSR count). The number of nitrogens with one attached hydrogen (secondary N) is 1. The quantitative estimate of drug-likeness (QED) is 0.805. The first kappa shape index (κ1) is 16.1. The van der Waals surface area contributed by atoms with Crippen molar-refractivity contribution >= 4 is 37.8 Å². The van der Waals surface area contributed by atoms with Crippen LogP contribution in [0.4, 0.5) is 0 Å². The number of amides is 2. The van der Waals surface area contributed by atoms with Crippen LogP contribution in [0.5, 0.6) is 0 Å². The Morgan fingerprint density at radius 3 is 2.67 bits per heavy atom. The van der Waals surface area contributed by atoms with Gasteiger partial charge in [0, 0.05) is 17.9 Å². The molecule has 1 aliphatic rings. The lowest BCUT2D eigenvalue weighted by atomic mass is 10.1. The van der Waals surface area contributed by atoms with Gasteiger partial charge in [0.05, 0.1) is 4.90 Å². The van der Waals surface area contributed by atoms with Crippen molar-refractivity contribution in [2.24, 2.45) is 0 Å². The van der Waals surface area contributed by atoms with Gasteiger partial charge in [-0.05, 0) is 31.0 Å². The summed E-state index contributed by atoms with van der Waals surface area (Å²) in [4.78, 5) is 24.4. The molecule has 114 valence electrons. The third-order valence-corrected chi connectivity index (χ3v) is 5.49. The molecule has 0 bridgehead atoms. The second kappa shape index (κ2) is 5.86. The lowest BCUT2D eigenvalue weighted by Crippen LogP contribution is -2.52. The maximum atomic E-state index is 12.4. The van der Waals surface area contributed by atoms with Crippen LogP contribution >= 0.6 is 15.9 Å². The van der Waals surface area contributed by atoms with Crippen LogP contribution in [-0.4, -0.2) is 38.2 Å². The molecule has 0 saturated carbocycles.